The van der Waals surface area contributed by atoms with E-state index in [0.29, 0.717) is 0 Å². The largest absolute Gasteiger partial charge is 0.506 e. The molecule has 0 aliphatic carbocycles. The number of hydrogen-bond donors (Lipinski definition) is 9. The number of phenolic OH excluding ortho intramolecular Hbond substituents is 4. The van der Waals surface area contributed by atoms with Gasteiger partial charge in [-0.05, 0) is 171 Å². The number of aryl methyl sites for hydroxylation is 4. The van der Waals surface area contributed by atoms with Gasteiger partial charge in [0.2, 0.25) is 0 Å². The van der Waals surface area contributed by atoms with Crippen LogP contribution in [0.2, 0.25) is 0 Å². The zero-order chi connectivity index (χ0) is 69.6. The zero-order valence-electron chi connectivity index (χ0n) is 60.6. The fourth-order valence-electron chi connectivity index (χ4n) is 12.8. The number of phenols is 4. The molecule has 0 spiro atoms. The van der Waals surface area contributed by atoms with Crippen LogP contribution in [0.25, 0.3) is 43.6 Å². The van der Waals surface area contributed by atoms with Crippen LogP contribution in [-0.4, -0.2) is 79.6 Å². The number of aromatic hydroxyl groups is 4. The van der Waals surface area contributed by atoms with Crippen LogP contribution < -0.4 is 28.3 Å². The molecule has 0 bridgehead atoms. The predicted molar refractivity (Wildman–Crippen MR) is 418 cm³/mol. The molecule has 13 heteroatoms. The molecule has 0 fully saturated rings. The van der Waals surface area contributed by atoms with E-state index in [1.807, 2.05) is 54.6 Å². The van der Waals surface area contributed by atoms with Gasteiger partial charge in [0.05, 0.1) is 0 Å². The van der Waals surface area contributed by atoms with Crippen LogP contribution in [0, 0.1) is 0 Å². The highest BCUT2D eigenvalue weighted by Crippen LogP contribution is 2.28. The first-order valence-corrected chi connectivity index (χ1v) is 39.1. The molecule has 540 valence electrons. The van der Waals surface area contributed by atoms with Gasteiger partial charge in [0.1, 0.15) is 45.1 Å². The molecule has 0 aliphatic heterocycles. The third-order valence-electron chi connectivity index (χ3n) is 18.8. The highest BCUT2D eigenvalue weighted by atomic mass is 16.3. The van der Waals surface area contributed by atoms with Crippen LogP contribution in [0.1, 0.15) is 273 Å². The van der Waals surface area contributed by atoms with Crippen molar-refractivity contribution in [1.29, 1.82) is 0 Å². The number of pyridine rings is 4. The summed E-state index contributed by atoms with van der Waals surface area (Å²) in [6.45, 7) is 5.48. The third-order valence-corrected chi connectivity index (χ3v) is 18.8. The van der Waals surface area contributed by atoms with Crippen molar-refractivity contribution in [3.05, 3.63) is 144 Å². The minimum atomic E-state index is 0.272. The second kappa shape index (κ2) is 54.4. The molecule has 0 amide bonds. The zero-order valence-corrected chi connectivity index (χ0v) is 60.6. The Kier molecular flexibility index (Phi) is 45.6. The Labute approximate surface area is 591 Å². The van der Waals surface area contributed by atoms with Crippen LogP contribution in [0.5, 0.6) is 23.0 Å². The van der Waals surface area contributed by atoms with Gasteiger partial charge in [0.25, 0.3) is 0 Å². The number of rotatable bonds is 50. The van der Waals surface area contributed by atoms with E-state index < -0.39 is 0 Å². The summed E-state index contributed by atoms with van der Waals surface area (Å²) in [5, 5.41) is 47.0. The molecule has 13 nitrogen and oxygen atoms in total. The second-order valence-electron chi connectivity index (χ2n) is 27.3. The average molecular weight is 1340 g/mol. The monoisotopic (exact) mass is 1340 g/mol. The normalized spacial score (nSPS) is 11.2. The number of aromatic nitrogens is 4. The van der Waals surface area contributed by atoms with Crippen LogP contribution >= 0.6 is 0 Å². The van der Waals surface area contributed by atoms with Gasteiger partial charge in [0.15, 0.2) is 0 Å². The molecule has 0 aliphatic rings. The van der Waals surface area contributed by atoms with Gasteiger partial charge in [-0.3, -0.25) is 0 Å². The summed E-state index contributed by atoms with van der Waals surface area (Å²) in [7, 11) is 0. The molecular weight excluding hydrogens is 1210 g/mol. The summed E-state index contributed by atoms with van der Waals surface area (Å²) in [5.74, 6) is 1.11. The van der Waals surface area contributed by atoms with Crippen molar-refractivity contribution in [3.8, 4) is 23.0 Å². The van der Waals surface area contributed by atoms with E-state index >= 15 is 0 Å². The van der Waals surface area contributed by atoms with E-state index in [1.54, 1.807) is 24.3 Å². The summed E-state index contributed by atoms with van der Waals surface area (Å²) in [6, 6.07) is 38.8. The maximum atomic E-state index is 9.91. The van der Waals surface area contributed by atoms with E-state index in [0.717, 1.165) is 144 Å². The fourth-order valence-corrected chi connectivity index (χ4v) is 12.8. The first-order valence-electron chi connectivity index (χ1n) is 39.1. The molecule has 4 heterocycles. The number of nitrogens with two attached hydrogens (primary N) is 4. The van der Waals surface area contributed by atoms with Gasteiger partial charge in [0, 0.05) is 44.3 Å². The molecule has 8 aromatic rings. The van der Waals surface area contributed by atoms with Crippen LogP contribution in [0.15, 0.2) is 121 Å². The van der Waals surface area contributed by atoms with Crippen molar-refractivity contribution in [2.75, 3.05) is 39.3 Å². The van der Waals surface area contributed by atoms with Crippen molar-refractivity contribution in [3.63, 3.8) is 0 Å². The second-order valence-corrected chi connectivity index (χ2v) is 27.3. The maximum Gasteiger partial charge on any atom is 0.141 e. The van der Waals surface area contributed by atoms with Gasteiger partial charge in [-0.1, -0.05) is 265 Å². The summed E-state index contributed by atoms with van der Waals surface area (Å²) < 4.78 is 0. The number of nitrogens with one attached hydrogen (secondary N) is 1. The Balaban J connectivity index is 0.000000237. The Hall–Kier alpha value is -6.48. The molecule has 13 N–H and O–H groups in total. The van der Waals surface area contributed by atoms with Crippen LogP contribution in [0.4, 0.5) is 0 Å². The fraction of sp³-hybridized carbons (Fsp3) is 0.576. The van der Waals surface area contributed by atoms with Crippen molar-refractivity contribution in [1.82, 2.24) is 25.3 Å². The lowest BCUT2D eigenvalue weighted by Crippen LogP contribution is -2.19. The van der Waals surface area contributed by atoms with Crippen LogP contribution in [0.3, 0.4) is 0 Å². The quantitative estimate of drug-likeness (QED) is 0.0161. The topological polar surface area (TPSA) is 249 Å². The Morgan fingerprint density at radius 3 is 0.633 bits per heavy atom. The van der Waals surface area contributed by atoms with E-state index in [-0.39, 0.29) is 23.0 Å². The SMILES string of the molecule is NCCCCCCCCCCCCCCc1ccc2cccc(O)c2n1.NCCCCCCCCCCCCCc1ccc2cccc(O)c2n1.NCCCCCCCCCc1ccc2cccc(O)c2n1.NCCCNCCCCCCCCCCc1ccc2cccc(O)c2n1. The third kappa shape index (κ3) is 36.0. The molecule has 98 heavy (non-hydrogen) atoms. The van der Waals surface area contributed by atoms with E-state index in [2.05, 4.69) is 67.7 Å². The number of benzene rings is 4. The van der Waals surface area contributed by atoms with Crippen molar-refractivity contribution in [2.24, 2.45) is 22.9 Å². The van der Waals surface area contributed by atoms with Gasteiger partial charge in [-0.2, -0.15) is 0 Å². The number of para-hydroxylation sites is 4. The summed E-state index contributed by atoms with van der Waals surface area (Å²) in [4.78, 5) is 18.4. The lowest BCUT2D eigenvalue weighted by atomic mass is 10.0. The molecule has 4 aromatic carbocycles. The molecule has 0 atom stereocenters. The van der Waals surface area contributed by atoms with Crippen LogP contribution in [-0.2, 0) is 25.7 Å². The van der Waals surface area contributed by atoms with E-state index in [9.17, 15) is 20.4 Å². The van der Waals surface area contributed by atoms with Gasteiger partial charge >= 0.3 is 0 Å². The number of fused-ring (bicyclic) bond motifs is 4. The van der Waals surface area contributed by atoms with E-state index in [1.165, 1.54) is 238 Å². The maximum absolute atomic E-state index is 9.91. The average Bonchev–Trinajstić information content (AvgIpc) is 0.870. The number of unbranched alkanes of at least 4 members (excludes halogenated alkanes) is 34. The molecular formula is C85H131N9O4. The standard InChI is InChI=1S/C23H36N2O.C22H35N3O.C22H34N2O.C18H26N2O/c24-19-12-10-8-6-4-2-1-3-5-7-9-11-15-21-18-17-20-14-13-16-22(26)23(20)25-21;23-16-10-18-24-17-8-6-4-2-1-3-5-7-12-20-15-14-19-11-9-13-21(26)22(19)25-20;23-18-11-9-7-5-3-1-2-4-6-8-10-14-20-17-16-19-13-12-15-21(25)22(19)24-20;19-14-7-5-3-1-2-4-6-10-16-13-12-15-9-8-11-17(21)18(15)20-16/h13-14,16-18,26H,1-12,15,19,24H2;9,11,13-15,24,26H,1-8,10,12,16-18,23H2;12-13,15-17,25H,1-11,14,18,23H2;8-9,11-13,21H,1-7,10,14,19H2. The van der Waals surface area contributed by atoms with E-state index in [4.69, 9.17) is 22.9 Å². The lowest BCUT2D eigenvalue weighted by Gasteiger charge is -2.05. The number of nitrogens with zero attached hydrogens (tertiary/aromatic N) is 4. The van der Waals surface area contributed by atoms with Crippen molar-refractivity contribution >= 4 is 43.6 Å². The summed E-state index contributed by atoms with van der Waals surface area (Å²) in [6.07, 6.45) is 54.7. The first kappa shape index (κ1) is 82.2. The molecule has 0 saturated carbocycles. The highest BCUT2D eigenvalue weighted by molar-refractivity contribution is 5.86. The Bertz CT molecular complexity index is 3180. The van der Waals surface area contributed by atoms with Gasteiger partial charge in [-0.25, -0.2) is 19.9 Å². The van der Waals surface area contributed by atoms with Gasteiger partial charge < -0.3 is 48.7 Å². The smallest absolute Gasteiger partial charge is 0.141 e. The van der Waals surface area contributed by atoms with Crippen molar-refractivity contribution in [2.45, 2.75) is 276 Å². The molecule has 0 radical (unpaired) electrons. The minimum absolute atomic E-state index is 0.272. The highest BCUT2D eigenvalue weighted by Gasteiger charge is 2.08. The van der Waals surface area contributed by atoms with Crippen molar-refractivity contribution < 1.29 is 20.4 Å². The minimum Gasteiger partial charge on any atom is -0.506 e. The Morgan fingerprint density at radius 2 is 0.408 bits per heavy atom. The molecule has 0 saturated heterocycles. The Morgan fingerprint density at radius 1 is 0.214 bits per heavy atom. The van der Waals surface area contributed by atoms with Gasteiger partial charge in [-0.15, -0.1) is 0 Å². The molecule has 4 aromatic heterocycles. The summed E-state index contributed by atoms with van der Waals surface area (Å²) in [5.41, 5.74) is 29.2. The predicted octanol–water partition coefficient (Wildman–Crippen LogP) is 20.6. The first-order chi connectivity index (χ1) is 48.2. The summed E-state index contributed by atoms with van der Waals surface area (Å²) >= 11 is 0. The molecule has 8 rings (SSSR count). The molecule has 0 unspecified atom stereocenters. The lowest BCUT2D eigenvalue weighted by molar-refractivity contribution is 0.479. The number of hydrogen-bond acceptors (Lipinski definition) is 13.